The van der Waals surface area contributed by atoms with Gasteiger partial charge in [0.25, 0.3) is 0 Å². The summed E-state index contributed by atoms with van der Waals surface area (Å²) >= 11 is 0. The maximum absolute atomic E-state index is 13.8. The highest BCUT2D eigenvalue weighted by molar-refractivity contribution is 5.94. The number of halogens is 3. The van der Waals surface area contributed by atoms with Gasteiger partial charge in [-0.05, 0) is 75.9 Å². The molecule has 1 amide bonds. The Bertz CT molecular complexity index is 1190. The van der Waals surface area contributed by atoms with Crippen LogP contribution in [0, 0.1) is 5.92 Å². The normalized spacial score (nSPS) is 23.5. The Morgan fingerprint density at radius 3 is 2.29 bits per heavy atom. The molecule has 3 fully saturated rings. The monoisotopic (exact) mass is 586 g/mol. The SMILES string of the molecule is O=C(C1CCCCC1)N(c1ccc(C(F)(F)F)cn1)C1CCN(C2CCN(C[C@@H]3COc4ccccc4O3)CC2)CC1. The molecule has 10 heteroatoms. The molecule has 228 valence electrons. The van der Waals surface area contributed by atoms with Crippen molar-refractivity contribution in [3.05, 3.63) is 48.2 Å². The molecular weight excluding hydrogens is 545 g/mol. The van der Waals surface area contributed by atoms with Crippen LogP contribution in [0.2, 0.25) is 0 Å². The Morgan fingerprint density at radius 1 is 0.905 bits per heavy atom. The Hall–Kier alpha value is -2.85. The lowest BCUT2D eigenvalue weighted by Crippen LogP contribution is -2.54. The highest BCUT2D eigenvalue weighted by Crippen LogP contribution is 2.34. The molecule has 2 saturated heterocycles. The molecule has 4 aliphatic rings. The number of piperidine rings is 2. The molecule has 3 aliphatic heterocycles. The van der Waals surface area contributed by atoms with Crippen molar-refractivity contribution in [2.75, 3.05) is 44.2 Å². The van der Waals surface area contributed by atoms with Crippen LogP contribution >= 0.6 is 0 Å². The second-order valence-electron chi connectivity index (χ2n) is 12.2. The second-order valence-corrected chi connectivity index (χ2v) is 12.2. The molecule has 6 rings (SSSR count). The first-order valence-corrected chi connectivity index (χ1v) is 15.6. The largest absolute Gasteiger partial charge is 0.486 e. The van der Waals surface area contributed by atoms with Gasteiger partial charge < -0.3 is 14.4 Å². The molecule has 0 radical (unpaired) electrons. The lowest BCUT2D eigenvalue weighted by atomic mass is 9.87. The van der Waals surface area contributed by atoms with Crippen LogP contribution in [-0.2, 0) is 11.0 Å². The smallest absolute Gasteiger partial charge is 0.417 e. The standard InChI is InChI=1S/C32H41F3N4O3/c33-32(34,35)24-10-11-30(36-20-24)39(31(40)23-6-2-1-3-7-23)26-14-18-38(19-15-26)25-12-16-37(17-13-25)21-27-22-41-28-8-4-5-9-29(28)42-27/h4-5,8-11,20,23,25-27H,1-3,6-7,12-19,21-22H2/t27-/m1/s1. The average molecular weight is 587 g/mol. The first-order valence-electron chi connectivity index (χ1n) is 15.6. The van der Waals surface area contributed by atoms with E-state index < -0.39 is 11.7 Å². The fraction of sp³-hybridized carbons (Fsp3) is 0.625. The van der Waals surface area contributed by atoms with E-state index in [1.807, 2.05) is 24.3 Å². The molecule has 7 nitrogen and oxygen atoms in total. The zero-order valence-corrected chi connectivity index (χ0v) is 24.1. The van der Waals surface area contributed by atoms with Gasteiger partial charge in [-0.2, -0.15) is 13.2 Å². The van der Waals surface area contributed by atoms with Crippen molar-refractivity contribution in [1.29, 1.82) is 0 Å². The summed E-state index contributed by atoms with van der Waals surface area (Å²) in [5.74, 6) is 1.93. The number of aromatic nitrogens is 1. The van der Waals surface area contributed by atoms with E-state index in [4.69, 9.17) is 9.47 Å². The zero-order chi connectivity index (χ0) is 29.1. The zero-order valence-electron chi connectivity index (χ0n) is 24.1. The number of rotatable bonds is 6. The predicted octanol–water partition coefficient (Wildman–Crippen LogP) is 5.78. The summed E-state index contributed by atoms with van der Waals surface area (Å²) in [6.45, 7) is 5.18. The number of fused-ring (bicyclic) bond motifs is 1. The van der Waals surface area contributed by atoms with Crippen LogP contribution in [0.1, 0.15) is 63.4 Å². The average Bonchev–Trinajstić information content (AvgIpc) is 3.02. The van der Waals surface area contributed by atoms with Crippen molar-refractivity contribution in [3.63, 3.8) is 0 Å². The van der Waals surface area contributed by atoms with Crippen molar-refractivity contribution in [2.24, 2.45) is 5.92 Å². The van der Waals surface area contributed by atoms with Gasteiger partial charge in [-0.25, -0.2) is 4.98 Å². The molecule has 0 spiro atoms. The Kier molecular flexibility index (Phi) is 8.90. The van der Waals surface area contributed by atoms with Crippen LogP contribution in [-0.4, -0.2) is 78.2 Å². The molecule has 1 aliphatic carbocycles. The molecule has 1 aromatic heterocycles. The molecule has 0 unspecified atom stereocenters. The first kappa shape index (κ1) is 29.2. The van der Waals surface area contributed by atoms with E-state index in [1.165, 1.54) is 6.07 Å². The summed E-state index contributed by atoms with van der Waals surface area (Å²) in [6.07, 6.45) is 5.08. The Balaban J connectivity index is 1.04. The summed E-state index contributed by atoms with van der Waals surface area (Å²) < 4.78 is 51.7. The highest BCUT2D eigenvalue weighted by Gasteiger charge is 2.37. The van der Waals surface area contributed by atoms with Crippen LogP contribution in [0.3, 0.4) is 0 Å². The summed E-state index contributed by atoms with van der Waals surface area (Å²) in [5.41, 5.74) is -0.787. The van der Waals surface area contributed by atoms with E-state index in [-0.39, 0.29) is 24.0 Å². The van der Waals surface area contributed by atoms with E-state index in [0.717, 1.165) is 114 Å². The third-order valence-corrected chi connectivity index (χ3v) is 9.48. The first-order chi connectivity index (χ1) is 20.3. The van der Waals surface area contributed by atoms with Gasteiger partial charge in [0.05, 0.1) is 5.56 Å². The van der Waals surface area contributed by atoms with Gasteiger partial charge in [-0.3, -0.25) is 14.6 Å². The molecule has 0 bridgehead atoms. The van der Waals surface area contributed by atoms with Crippen LogP contribution < -0.4 is 14.4 Å². The van der Waals surface area contributed by atoms with Gasteiger partial charge in [0, 0.05) is 43.8 Å². The topological polar surface area (TPSA) is 58.1 Å². The fourth-order valence-electron chi connectivity index (χ4n) is 7.14. The van der Waals surface area contributed by atoms with Gasteiger partial charge in [0.1, 0.15) is 18.5 Å². The fourth-order valence-corrected chi connectivity index (χ4v) is 7.14. The van der Waals surface area contributed by atoms with Gasteiger partial charge in [0.2, 0.25) is 5.91 Å². The number of nitrogens with zero attached hydrogens (tertiary/aromatic N) is 4. The number of alkyl halides is 3. The van der Waals surface area contributed by atoms with E-state index in [9.17, 15) is 18.0 Å². The van der Waals surface area contributed by atoms with Crippen LogP contribution in [0.25, 0.3) is 0 Å². The maximum Gasteiger partial charge on any atom is 0.417 e. The van der Waals surface area contributed by atoms with Crippen molar-refractivity contribution >= 4 is 11.7 Å². The second kappa shape index (κ2) is 12.8. The summed E-state index contributed by atoms with van der Waals surface area (Å²) in [5, 5.41) is 0. The Morgan fingerprint density at radius 2 is 1.62 bits per heavy atom. The Labute approximate surface area is 246 Å². The summed E-state index contributed by atoms with van der Waals surface area (Å²) in [4.78, 5) is 24.7. The molecule has 42 heavy (non-hydrogen) atoms. The lowest BCUT2D eigenvalue weighted by molar-refractivity contribution is -0.137. The van der Waals surface area contributed by atoms with Gasteiger partial charge in [-0.15, -0.1) is 0 Å². The van der Waals surface area contributed by atoms with Gasteiger partial charge in [-0.1, -0.05) is 31.4 Å². The maximum atomic E-state index is 13.8. The van der Waals surface area contributed by atoms with Gasteiger partial charge in [0.15, 0.2) is 11.5 Å². The summed E-state index contributed by atoms with van der Waals surface area (Å²) in [7, 11) is 0. The van der Waals surface area contributed by atoms with Crippen molar-refractivity contribution in [3.8, 4) is 11.5 Å². The number of anilines is 1. The number of likely N-dealkylation sites (tertiary alicyclic amines) is 2. The number of hydrogen-bond acceptors (Lipinski definition) is 6. The number of benzene rings is 1. The molecule has 1 saturated carbocycles. The van der Waals surface area contributed by atoms with E-state index in [1.54, 1.807) is 4.90 Å². The predicted molar refractivity (Wildman–Crippen MR) is 154 cm³/mol. The van der Waals surface area contributed by atoms with Crippen LogP contribution in [0.5, 0.6) is 11.5 Å². The molecule has 2 aromatic rings. The molecule has 1 atom stereocenters. The third-order valence-electron chi connectivity index (χ3n) is 9.48. The number of hydrogen-bond donors (Lipinski definition) is 0. The number of pyridine rings is 1. The van der Waals surface area contributed by atoms with Crippen molar-refractivity contribution in [1.82, 2.24) is 14.8 Å². The highest BCUT2D eigenvalue weighted by atomic mass is 19.4. The number of amides is 1. The van der Waals surface area contributed by atoms with Crippen LogP contribution in [0.4, 0.5) is 19.0 Å². The van der Waals surface area contributed by atoms with E-state index in [2.05, 4.69) is 14.8 Å². The minimum atomic E-state index is -4.45. The van der Waals surface area contributed by atoms with E-state index in [0.29, 0.717) is 18.5 Å². The quantitative estimate of drug-likeness (QED) is 0.428. The summed E-state index contributed by atoms with van der Waals surface area (Å²) in [6, 6.07) is 10.7. The van der Waals surface area contributed by atoms with Crippen LogP contribution in [0.15, 0.2) is 42.6 Å². The molecular formula is C32H41F3N4O3. The lowest BCUT2D eigenvalue weighted by Gasteiger charge is -2.44. The molecule has 0 N–H and O–H groups in total. The van der Waals surface area contributed by atoms with Crippen molar-refractivity contribution in [2.45, 2.75) is 82.2 Å². The number of para-hydroxylation sites is 2. The molecule has 4 heterocycles. The number of carbonyl (C=O) groups excluding carboxylic acids is 1. The molecule has 1 aromatic carbocycles. The van der Waals surface area contributed by atoms with Crippen molar-refractivity contribution < 1.29 is 27.4 Å². The number of carbonyl (C=O) groups is 1. The number of ether oxygens (including phenoxy) is 2. The van der Waals surface area contributed by atoms with Gasteiger partial charge >= 0.3 is 6.18 Å². The minimum Gasteiger partial charge on any atom is -0.486 e. The third kappa shape index (κ3) is 6.70. The van der Waals surface area contributed by atoms with E-state index >= 15 is 0 Å². The minimum absolute atomic E-state index is 0.0266.